The van der Waals surface area contributed by atoms with Crippen molar-refractivity contribution in [2.24, 2.45) is 0 Å². The second kappa shape index (κ2) is 7.12. The van der Waals surface area contributed by atoms with E-state index in [0.717, 1.165) is 33.4 Å². The molecule has 3 heterocycles. The summed E-state index contributed by atoms with van der Waals surface area (Å²) in [4.78, 5) is 21.8. The number of carbonyl (C=O) groups is 1. The molecule has 0 spiro atoms. The molecular formula is C22H23ClN4O2. The first-order valence-corrected chi connectivity index (χ1v) is 9.79. The van der Waals surface area contributed by atoms with E-state index in [4.69, 9.17) is 22.1 Å². The monoisotopic (exact) mass is 410 g/mol. The molecular weight excluding hydrogens is 388 g/mol. The molecule has 7 heteroatoms. The Morgan fingerprint density at radius 1 is 1.24 bits per heavy atom. The number of hydrogen-bond donors (Lipinski definition) is 2. The number of carbonyl (C=O) groups excluding carboxylic acids is 1. The molecule has 0 saturated carbocycles. The van der Waals surface area contributed by atoms with Crippen LogP contribution in [0.15, 0.2) is 42.6 Å². The summed E-state index contributed by atoms with van der Waals surface area (Å²) >= 11 is 6.42. The molecule has 0 bridgehead atoms. The highest BCUT2D eigenvalue weighted by molar-refractivity contribution is 6.33. The molecule has 0 fully saturated rings. The van der Waals surface area contributed by atoms with E-state index in [9.17, 15) is 4.79 Å². The summed E-state index contributed by atoms with van der Waals surface area (Å²) < 4.78 is 5.47. The molecule has 0 unspecified atom stereocenters. The maximum Gasteiger partial charge on any atom is 0.410 e. The smallest absolute Gasteiger partial charge is 0.410 e. The van der Waals surface area contributed by atoms with Gasteiger partial charge in [-0.1, -0.05) is 17.7 Å². The molecule has 6 nitrogen and oxygen atoms in total. The van der Waals surface area contributed by atoms with Gasteiger partial charge >= 0.3 is 6.09 Å². The van der Waals surface area contributed by atoms with Crippen molar-refractivity contribution in [2.75, 3.05) is 18.8 Å². The number of nitrogens with zero attached hydrogens (tertiary/aromatic N) is 2. The number of fused-ring (bicyclic) bond motifs is 1. The highest BCUT2D eigenvalue weighted by Crippen LogP contribution is 2.35. The second-order valence-corrected chi connectivity index (χ2v) is 8.54. The van der Waals surface area contributed by atoms with Gasteiger partial charge in [-0.2, -0.15) is 0 Å². The zero-order valence-electron chi connectivity index (χ0n) is 16.6. The molecule has 29 heavy (non-hydrogen) atoms. The molecule has 2 aromatic heterocycles. The Hall–Kier alpha value is -2.99. The molecule has 1 aliphatic rings. The number of halogens is 1. The Morgan fingerprint density at radius 2 is 2.03 bits per heavy atom. The fourth-order valence-electron chi connectivity index (χ4n) is 3.40. The molecule has 150 valence electrons. The maximum atomic E-state index is 12.3. The number of aromatic nitrogens is 2. The lowest BCUT2D eigenvalue weighted by molar-refractivity contribution is 0.0306. The van der Waals surface area contributed by atoms with Gasteiger partial charge in [0.05, 0.1) is 6.54 Å². The van der Waals surface area contributed by atoms with Crippen LogP contribution in [0, 0.1) is 0 Å². The third-order valence-electron chi connectivity index (χ3n) is 4.73. The summed E-state index contributed by atoms with van der Waals surface area (Å²) in [6, 6.07) is 9.41. The molecule has 4 rings (SSSR count). The lowest BCUT2D eigenvalue weighted by Gasteiger charge is -2.24. The molecule has 1 amide bonds. The van der Waals surface area contributed by atoms with Gasteiger partial charge in [-0.15, -0.1) is 0 Å². The molecule has 0 saturated heterocycles. The van der Waals surface area contributed by atoms with Crippen LogP contribution in [0.1, 0.15) is 26.5 Å². The average Bonchev–Trinajstić information content (AvgIpc) is 3.28. The molecule has 3 aromatic rings. The van der Waals surface area contributed by atoms with Crippen LogP contribution in [0.2, 0.25) is 5.02 Å². The van der Waals surface area contributed by atoms with E-state index in [0.29, 0.717) is 23.8 Å². The number of hydrogen-bond acceptors (Lipinski definition) is 4. The third-order valence-corrected chi connectivity index (χ3v) is 5.06. The van der Waals surface area contributed by atoms with Gasteiger partial charge in [0.2, 0.25) is 0 Å². The lowest BCUT2D eigenvalue weighted by atomic mass is 10.0. The van der Waals surface area contributed by atoms with Crippen LogP contribution in [0.5, 0.6) is 0 Å². The summed E-state index contributed by atoms with van der Waals surface area (Å²) in [7, 11) is 0. The number of anilines is 1. The summed E-state index contributed by atoms with van der Waals surface area (Å²) in [5, 5.41) is 1.58. The highest BCUT2D eigenvalue weighted by atomic mass is 35.5. The van der Waals surface area contributed by atoms with Crippen LogP contribution in [0.4, 0.5) is 10.5 Å². The second-order valence-electron chi connectivity index (χ2n) is 8.13. The van der Waals surface area contributed by atoms with E-state index in [1.54, 1.807) is 23.2 Å². The van der Waals surface area contributed by atoms with Crippen molar-refractivity contribution in [3.8, 4) is 11.1 Å². The molecule has 0 atom stereocenters. The van der Waals surface area contributed by atoms with Crippen molar-refractivity contribution in [3.05, 3.63) is 53.3 Å². The maximum absolute atomic E-state index is 12.3. The Bertz CT molecular complexity index is 1130. The van der Waals surface area contributed by atoms with Crippen molar-refractivity contribution in [2.45, 2.75) is 26.4 Å². The largest absolute Gasteiger partial charge is 0.444 e. The van der Waals surface area contributed by atoms with Crippen molar-refractivity contribution in [3.63, 3.8) is 0 Å². The van der Waals surface area contributed by atoms with Crippen molar-refractivity contribution in [1.82, 2.24) is 14.9 Å². The van der Waals surface area contributed by atoms with E-state index >= 15 is 0 Å². The normalized spacial score (nSPS) is 14.3. The highest BCUT2D eigenvalue weighted by Gasteiger charge is 2.26. The Labute approximate surface area is 174 Å². The first-order valence-electron chi connectivity index (χ1n) is 9.42. The van der Waals surface area contributed by atoms with E-state index < -0.39 is 5.60 Å². The number of benzene rings is 1. The summed E-state index contributed by atoms with van der Waals surface area (Å²) in [6.45, 7) is 6.59. The predicted molar refractivity (Wildman–Crippen MR) is 117 cm³/mol. The topological polar surface area (TPSA) is 84.2 Å². The van der Waals surface area contributed by atoms with Crippen molar-refractivity contribution >= 4 is 40.0 Å². The fourth-order valence-corrected chi connectivity index (χ4v) is 3.62. The van der Waals surface area contributed by atoms with E-state index in [1.807, 2.05) is 45.0 Å². The first-order chi connectivity index (χ1) is 13.7. The average molecular weight is 411 g/mol. The van der Waals surface area contributed by atoms with Gasteiger partial charge in [0, 0.05) is 40.1 Å². The standard InChI is InChI=1S/C22H23ClN4O2/c1-22(2,3)29-21(28)27-9-7-13(12-27)19-11-17-15(6-8-25-20(17)26-19)16-10-14(24)4-5-18(16)23/h4-8,10-11H,9,12,24H2,1-3H3,(H,25,26). The number of amides is 1. The molecule has 1 aromatic carbocycles. The number of aromatic amines is 1. The minimum absolute atomic E-state index is 0.315. The third kappa shape index (κ3) is 3.93. The number of rotatable bonds is 2. The van der Waals surface area contributed by atoms with Gasteiger partial charge in [0.1, 0.15) is 11.2 Å². The van der Waals surface area contributed by atoms with Gasteiger partial charge in [-0.3, -0.25) is 0 Å². The number of nitrogens with one attached hydrogen (secondary N) is 1. The Balaban J connectivity index is 1.64. The van der Waals surface area contributed by atoms with Crippen LogP contribution in [-0.4, -0.2) is 39.7 Å². The predicted octanol–water partition coefficient (Wildman–Crippen LogP) is 5.10. The molecule has 0 radical (unpaired) electrons. The Morgan fingerprint density at radius 3 is 2.79 bits per heavy atom. The van der Waals surface area contributed by atoms with Crippen LogP contribution < -0.4 is 5.73 Å². The SMILES string of the molecule is CC(C)(C)OC(=O)N1CC=C(c2cc3c(-c4cc(N)ccc4Cl)ccnc3[nH]2)C1. The van der Waals surface area contributed by atoms with Crippen LogP contribution >= 0.6 is 11.6 Å². The molecule has 0 aliphatic carbocycles. The summed E-state index contributed by atoms with van der Waals surface area (Å²) in [5.74, 6) is 0. The minimum Gasteiger partial charge on any atom is -0.444 e. The quantitative estimate of drug-likeness (QED) is 0.575. The number of pyridine rings is 1. The Kier molecular flexibility index (Phi) is 4.74. The number of H-pyrrole nitrogens is 1. The summed E-state index contributed by atoms with van der Waals surface area (Å²) in [6.07, 6.45) is 3.46. The van der Waals surface area contributed by atoms with Gasteiger partial charge in [-0.25, -0.2) is 9.78 Å². The van der Waals surface area contributed by atoms with Crippen molar-refractivity contribution in [1.29, 1.82) is 0 Å². The van der Waals surface area contributed by atoms with Crippen LogP contribution in [0.25, 0.3) is 27.7 Å². The zero-order valence-corrected chi connectivity index (χ0v) is 17.4. The number of nitrogen functional groups attached to an aromatic ring is 1. The molecule has 3 N–H and O–H groups in total. The van der Waals surface area contributed by atoms with Gasteiger partial charge in [0.15, 0.2) is 0 Å². The lowest BCUT2D eigenvalue weighted by Crippen LogP contribution is -2.35. The number of nitrogens with two attached hydrogens (primary N) is 1. The minimum atomic E-state index is -0.517. The zero-order chi connectivity index (χ0) is 20.8. The molecule has 1 aliphatic heterocycles. The fraction of sp³-hybridized carbons (Fsp3) is 0.273. The van der Waals surface area contributed by atoms with Crippen LogP contribution in [-0.2, 0) is 4.74 Å². The van der Waals surface area contributed by atoms with Crippen molar-refractivity contribution < 1.29 is 9.53 Å². The van der Waals surface area contributed by atoms with Gasteiger partial charge in [0.25, 0.3) is 0 Å². The first kappa shape index (κ1) is 19.3. The van der Waals surface area contributed by atoms with Gasteiger partial charge < -0.3 is 20.4 Å². The van der Waals surface area contributed by atoms with E-state index in [-0.39, 0.29) is 6.09 Å². The summed E-state index contributed by atoms with van der Waals surface area (Å²) in [5.41, 5.74) is 10.6. The van der Waals surface area contributed by atoms with Crippen LogP contribution in [0.3, 0.4) is 0 Å². The van der Waals surface area contributed by atoms with E-state index in [1.165, 1.54) is 0 Å². The number of ether oxygens (including phenoxy) is 1. The van der Waals surface area contributed by atoms with E-state index in [2.05, 4.69) is 9.97 Å². The van der Waals surface area contributed by atoms with Gasteiger partial charge in [-0.05, 0) is 62.2 Å².